The van der Waals surface area contributed by atoms with Gasteiger partial charge in [0.15, 0.2) is 0 Å². The lowest BCUT2D eigenvalue weighted by Gasteiger charge is -2.28. The molecular formula is C19H26N4O3S. The second-order valence-electron chi connectivity index (χ2n) is 6.29. The van der Waals surface area contributed by atoms with E-state index in [-0.39, 0.29) is 11.2 Å². The van der Waals surface area contributed by atoms with E-state index in [1.807, 2.05) is 24.0 Å². The SMILES string of the molecule is CCN(CC)c1ccc(-c2nnc(SC(C)C(=O)N3CCOCC3)o2)cc1. The molecule has 2 aromatic rings. The summed E-state index contributed by atoms with van der Waals surface area (Å²) in [6, 6.07) is 8.09. The Balaban J connectivity index is 1.63. The molecule has 1 saturated heterocycles. The zero-order valence-corrected chi connectivity index (χ0v) is 16.9. The summed E-state index contributed by atoms with van der Waals surface area (Å²) < 4.78 is 11.1. The maximum absolute atomic E-state index is 12.5. The molecule has 1 unspecified atom stereocenters. The molecule has 146 valence electrons. The summed E-state index contributed by atoms with van der Waals surface area (Å²) in [4.78, 5) is 16.6. The van der Waals surface area contributed by atoms with E-state index >= 15 is 0 Å². The third-order valence-electron chi connectivity index (χ3n) is 4.60. The van der Waals surface area contributed by atoms with Crippen molar-refractivity contribution < 1.29 is 13.9 Å². The zero-order chi connectivity index (χ0) is 19.2. The third kappa shape index (κ3) is 4.81. The normalized spacial score (nSPS) is 15.6. The highest BCUT2D eigenvalue weighted by Crippen LogP contribution is 2.28. The molecule has 0 N–H and O–H groups in total. The van der Waals surface area contributed by atoms with Crippen LogP contribution in [0.4, 0.5) is 5.69 Å². The molecule has 7 nitrogen and oxygen atoms in total. The van der Waals surface area contributed by atoms with E-state index in [9.17, 15) is 4.79 Å². The number of ether oxygens (including phenoxy) is 1. The van der Waals surface area contributed by atoms with E-state index in [0.717, 1.165) is 18.7 Å². The summed E-state index contributed by atoms with van der Waals surface area (Å²) in [5, 5.41) is 8.35. The Morgan fingerprint density at radius 2 is 1.85 bits per heavy atom. The lowest BCUT2D eigenvalue weighted by molar-refractivity contribution is -0.134. The molecule has 1 aromatic heterocycles. The van der Waals surface area contributed by atoms with Gasteiger partial charge in [-0.25, -0.2) is 0 Å². The number of carbonyl (C=O) groups excluding carboxylic acids is 1. The van der Waals surface area contributed by atoms with Crippen LogP contribution < -0.4 is 4.90 Å². The minimum atomic E-state index is -0.276. The van der Waals surface area contributed by atoms with Gasteiger partial charge in [0.25, 0.3) is 5.22 Å². The average Bonchev–Trinajstić information content (AvgIpc) is 3.18. The molecule has 1 aliphatic heterocycles. The van der Waals surface area contributed by atoms with Crippen LogP contribution in [0.5, 0.6) is 0 Å². The van der Waals surface area contributed by atoms with Gasteiger partial charge in [0.1, 0.15) is 0 Å². The number of hydrogen-bond donors (Lipinski definition) is 0. The van der Waals surface area contributed by atoms with E-state index < -0.39 is 0 Å². The summed E-state index contributed by atoms with van der Waals surface area (Å²) in [5.74, 6) is 0.543. The summed E-state index contributed by atoms with van der Waals surface area (Å²) in [6.07, 6.45) is 0. The fourth-order valence-corrected chi connectivity index (χ4v) is 3.79. The summed E-state index contributed by atoms with van der Waals surface area (Å²) in [5.41, 5.74) is 2.04. The molecule has 1 amide bonds. The molecule has 0 saturated carbocycles. The zero-order valence-electron chi connectivity index (χ0n) is 16.1. The summed E-state index contributed by atoms with van der Waals surface area (Å²) >= 11 is 1.30. The topological polar surface area (TPSA) is 71.7 Å². The van der Waals surface area contributed by atoms with Crippen molar-refractivity contribution >= 4 is 23.4 Å². The van der Waals surface area contributed by atoms with Gasteiger partial charge >= 0.3 is 0 Å². The molecule has 3 rings (SSSR count). The molecule has 1 aromatic carbocycles. The number of amides is 1. The van der Waals surface area contributed by atoms with E-state index in [1.54, 1.807) is 0 Å². The highest BCUT2D eigenvalue weighted by molar-refractivity contribution is 8.00. The van der Waals surface area contributed by atoms with Gasteiger partial charge in [-0.15, -0.1) is 10.2 Å². The van der Waals surface area contributed by atoms with Crippen molar-refractivity contribution in [1.82, 2.24) is 15.1 Å². The molecule has 0 spiro atoms. The van der Waals surface area contributed by atoms with Crippen LogP contribution in [0, 0.1) is 0 Å². The number of morpholine rings is 1. The van der Waals surface area contributed by atoms with Crippen LogP contribution in [-0.2, 0) is 9.53 Å². The third-order valence-corrected chi connectivity index (χ3v) is 5.52. The highest BCUT2D eigenvalue weighted by Gasteiger charge is 2.25. The van der Waals surface area contributed by atoms with Crippen LogP contribution in [0.2, 0.25) is 0 Å². The number of hydrogen-bond acceptors (Lipinski definition) is 7. The molecule has 1 atom stereocenters. The van der Waals surface area contributed by atoms with Crippen LogP contribution in [0.25, 0.3) is 11.5 Å². The van der Waals surface area contributed by atoms with Gasteiger partial charge in [0.05, 0.1) is 18.5 Å². The van der Waals surface area contributed by atoms with Crippen LogP contribution in [0.3, 0.4) is 0 Å². The Morgan fingerprint density at radius 3 is 2.48 bits per heavy atom. The number of benzene rings is 1. The predicted octanol–water partition coefficient (Wildman–Crippen LogP) is 2.92. The molecule has 1 aliphatic rings. The number of anilines is 1. The molecule has 0 aliphatic carbocycles. The van der Waals surface area contributed by atoms with Gasteiger partial charge < -0.3 is 19.0 Å². The Morgan fingerprint density at radius 1 is 1.19 bits per heavy atom. The minimum absolute atomic E-state index is 0.0756. The van der Waals surface area contributed by atoms with Crippen LogP contribution in [0.15, 0.2) is 33.9 Å². The predicted molar refractivity (Wildman–Crippen MR) is 106 cm³/mol. The molecule has 1 fully saturated rings. The first kappa shape index (κ1) is 19.7. The fraction of sp³-hybridized carbons (Fsp3) is 0.526. The fourth-order valence-electron chi connectivity index (χ4n) is 3.02. The van der Waals surface area contributed by atoms with Gasteiger partial charge in [-0.05, 0) is 45.0 Å². The second kappa shape index (κ2) is 9.23. The summed E-state index contributed by atoms with van der Waals surface area (Å²) in [7, 11) is 0. The number of aromatic nitrogens is 2. The van der Waals surface area contributed by atoms with Crippen molar-refractivity contribution in [3.8, 4) is 11.5 Å². The molecule has 8 heteroatoms. The quantitative estimate of drug-likeness (QED) is 0.673. The van der Waals surface area contributed by atoms with Gasteiger partial charge in [-0.1, -0.05) is 11.8 Å². The lowest BCUT2D eigenvalue weighted by atomic mass is 10.2. The standard InChI is InChI=1S/C19H26N4O3S/c1-4-22(5-2)16-8-6-15(7-9-16)17-20-21-19(26-17)27-14(3)18(24)23-10-12-25-13-11-23/h6-9,14H,4-5,10-13H2,1-3H3. The maximum atomic E-state index is 12.5. The van der Waals surface area contributed by atoms with Crippen molar-refractivity contribution in [2.75, 3.05) is 44.3 Å². The minimum Gasteiger partial charge on any atom is -0.411 e. The van der Waals surface area contributed by atoms with Crippen LogP contribution in [-0.4, -0.2) is 65.6 Å². The average molecular weight is 391 g/mol. The Labute approximate surface area is 164 Å². The first-order chi connectivity index (χ1) is 13.1. The molecular weight excluding hydrogens is 364 g/mol. The largest absolute Gasteiger partial charge is 0.411 e. The second-order valence-corrected chi connectivity index (χ2v) is 7.58. The smallest absolute Gasteiger partial charge is 0.277 e. The molecule has 27 heavy (non-hydrogen) atoms. The molecule has 2 heterocycles. The number of thioether (sulfide) groups is 1. The first-order valence-corrected chi connectivity index (χ1v) is 10.2. The number of nitrogens with zero attached hydrogens (tertiary/aromatic N) is 4. The van der Waals surface area contributed by atoms with E-state index in [2.05, 4.69) is 41.1 Å². The van der Waals surface area contributed by atoms with Gasteiger partial charge in [-0.3, -0.25) is 4.79 Å². The molecule has 0 radical (unpaired) electrons. The monoisotopic (exact) mass is 390 g/mol. The molecule has 0 bridgehead atoms. The van der Waals surface area contributed by atoms with Crippen LogP contribution in [0.1, 0.15) is 20.8 Å². The van der Waals surface area contributed by atoms with Gasteiger partial charge in [-0.2, -0.15) is 0 Å². The van der Waals surface area contributed by atoms with Crippen molar-refractivity contribution in [3.63, 3.8) is 0 Å². The Bertz CT molecular complexity index is 740. The first-order valence-electron chi connectivity index (χ1n) is 9.34. The van der Waals surface area contributed by atoms with Crippen molar-refractivity contribution in [2.45, 2.75) is 31.2 Å². The highest BCUT2D eigenvalue weighted by atomic mass is 32.2. The van der Waals surface area contributed by atoms with E-state index in [0.29, 0.717) is 37.4 Å². The van der Waals surface area contributed by atoms with Gasteiger partial charge in [0.2, 0.25) is 11.8 Å². The van der Waals surface area contributed by atoms with Crippen LogP contribution >= 0.6 is 11.8 Å². The van der Waals surface area contributed by atoms with E-state index in [1.165, 1.54) is 17.4 Å². The van der Waals surface area contributed by atoms with Gasteiger partial charge in [0, 0.05) is 37.4 Å². The Kier molecular flexibility index (Phi) is 6.73. The van der Waals surface area contributed by atoms with Crippen molar-refractivity contribution in [3.05, 3.63) is 24.3 Å². The maximum Gasteiger partial charge on any atom is 0.277 e. The number of carbonyl (C=O) groups is 1. The Hall–Kier alpha value is -2.06. The van der Waals surface area contributed by atoms with Crippen molar-refractivity contribution in [2.24, 2.45) is 0 Å². The van der Waals surface area contributed by atoms with E-state index in [4.69, 9.17) is 9.15 Å². The lowest BCUT2D eigenvalue weighted by Crippen LogP contribution is -2.44. The number of rotatable bonds is 7. The van der Waals surface area contributed by atoms with Crippen molar-refractivity contribution in [1.29, 1.82) is 0 Å². The summed E-state index contributed by atoms with van der Waals surface area (Å²) in [6.45, 7) is 10.5.